The van der Waals surface area contributed by atoms with Crippen LogP contribution in [0.15, 0.2) is 47.6 Å². The number of methoxy groups -OCH3 is 1. The van der Waals surface area contributed by atoms with Gasteiger partial charge in [0.1, 0.15) is 10.8 Å². The van der Waals surface area contributed by atoms with E-state index in [1.54, 1.807) is 24.3 Å². The molecule has 0 aliphatic carbocycles. The molecule has 0 atom stereocenters. The lowest BCUT2D eigenvalue weighted by atomic mass is 10.2. The number of oxime groups is 1. The summed E-state index contributed by atoms with van der Waals surface area (Å²) in [7, 11) is 1.53. The molecule has 0 heterocycles. The van der Waals surface area contributed by atoms with Crippen LogP contribution in [0.25, 0.3) is 0 Å². The van der Waals surface area contributed by atoms with E-state index in [1.165, 1.54) is 19.2 Å². The summed E-state index contributed by atoms with van der Waals surface area (Å²) in [5, 5.41) is 14.3. The number of nitro benzene ring substituents is 1. The van der Waals surface area contributed by atoms with Crippen LogP contribution in [0.2, 0.25) is 5.02 Å². The van der Waals surface area contributed by atoms with E-state index in [0.717, 1.165) is 6.07 Å². The minimum atomic E-state index is -0.897. The van der Waals surface area contributed by atoms with Crippen LogP contribution in [-0.2, 0) is 4.84 Å². The molecule has 2 aromatic carbocycles. The molecule has 0 unspecified atom stereocenters. The van der Waals surface area contributed by atoms with Crippen LogP contribution in [0.5, 0.6) is 5.75 Å². The number of nitrogens with zero attached hydrogens (tertiary/aromatic N) is 2. The zero-order valence-corrected chi connectivity index (χ0v) is 13.2. The quantitative estimate of drug-likeness (QED) is 0.291. The summed E-state index contributed by atoms with van der Waals surface area (Å²) in [4.78, 5) is 26.7. The molecule has 0 aliphatic heterocycles. The van der Waals surface area contributed by atoms with Crippen molar-refractivity contribution in [1.29, 1.82) is 0 Å². The Kier molecular flexibility index (Phi) is 5.33. The molecule has 0 aromatic heterocycles. The third-order valence-electron chi connectivity index (χ3n) is 2.99. The number of ether oxygens (including phenoxy) is 1. The molecule has 8 nitrogen and oxygen atoms in total. The monoisotopic (exact) mass is 349 g/mol. The van der Waals surface area contributed by atoms with Crippen LogP contribution in [0.3, 0.4) is 0 Å². The van der Waals surface area contributed by atoms with Crippen LogP contribution in [0.4, 0.5) is 5.69 Å². The summed E-state index contributed by atoms with van der Waals surface area (Å²) in [6.07, 6.45) is 0. The molecule has 2 aromatic rings. The van der Waals surface area contributed by atoms with Gasteiger partial charge in [-0.15, -0.1) is 0 Å². The summed E-state index contributed by atoms with van der Waals surface area (Å²) < 4.78 is 5.01. The van der Waals surface area contributed by atoms with E-state index in [4.69, 9.17) is 26.9 Å². The smallest absolute Gasteiger partial charge is 0.366 e. The van der Waals surface area contributed by atoms with Crippen LogP contribution in [-0.4, -0.2) is 23.8 Å². The van der Waals surface area contributed by atoms with Gasteiger partial charge in [0.2, 0.25) is 0 Å². The Hall–Kier alpha value is -3.13. The lowest BCUT2D eigenvalue weighted by Gasteiger charge is -2.03. The molecular formula is C15H12ClN3O5. The molecule has 2 rings (SSSR count). The number of nitrogens with two attached hydrogens (primary N) is 1. The first kappa shape index (κ1) is 17.2. The highest BCUT2D eigenvalue weighted by Crippen LogP contribution is 2.25. The number of benzene rings is 2. The van der Waals surface area contributed by atoms with Crippen LogP contribution >= 0.6 is 11.6 Å². The van der Waals surface area contributed by atoms with Crippen molar-refractivity contribution >= 4 is 29.1 Å². The minimum absolute atomic E-state index is 0.0329. The first-order chi connectivity index (χ1) is 11.4. The number of hydrogen-bond donors (Lipinski definition) is 1. The van der Waals surface area contributed by atoms with Crippen molar-refractivity contribution in [3.63, 3.8) is 0 Å². The number of rotatable bonds is 5. The largest absolute Gasteiger partial charge is 0.497 e. The molecular weight excluding hydrogens is 338 g/mol. The predicted octanol–water partition coefficient (Wildman–Crippen LogP) is 2.73. The SMILES string of the molecule is COc1ccc(/C(N)=N/OC(=O)c2ccc(Cl)c([N+](=O)[O-])c2)cc1. The Morgan fingerprint density at radius 2 is 1.83 bits per heavy atom. The minimum Gasteiger partial charge on any atom is -0.497 e. The number of amidine groups is 1. The highest BCUT2D eigenvalue weighted by Gasteiger charge is 2.17. The van der Waals surface area contributed by atoms with E-state index < -0.39 is 16.6 Å². The second-order valence-electron chi connectivity index (χ2n) is 4.51. The van der Waals surface area contributed by atoms with Crippen molar-refractivity contribution in [2.75, 3.05) is 7.11 Å². The second kappa shape index (κ2) is 7.42. The molecule has 0 saturated heterocycles. The van der Waals surface area contributed by atoms with E-state index in [2.05, 4.69) is 5.16 Å². The Morgan fingerprint density at radius 1 is 1.21 bits per heavy atom. The van der Waals surface area contributed by atoms with Gasteiger partial charge in [-0.3, -0.25) is 10.1 Å². The van der Waals surface area contributed by atoms with Crippen molar-refractivity contribution < 1.29 is 19.3 Å². The third-order valence-corrected chi connectivity index (χ3v) is 3.31. The normalized spacial score (nSPS) is 11.0. The maximum Gasteiger partial charge on any atom is 0.366 e. The Bertz CT molecular complexity index is 805. The zero-order valence-electron chi connectivity index (χ0n) is 12.4. The summed E-state index contributed by atoms with van der Waals surface area (Å²) in [6, 6.07) is 10.1. The molecule has 9 heteroatoms. The molecule has 0 fully saturated rings. The lowest BCUT2D eigenvalue weighted by Crippen LogP contribution is -2.15. The van der Waals surface area contributed by atoms with Gasteiger partial charge >= 0.3 is 5.97 Å². The molecule has 0 spiro atoms. The maximum atomic E-state index is 11.9. The zero-order chi connectivity index (χ0) is 17.7. The van der Waals surface area contributed by atoms with Crippen molar-refractivity contribution in [3.8, 4) is 5.75 Å². The van der Waals surface area contributed by atoms with Crippen molar-refractivity contribution in [2.24, 2.45) is 10.9 Å². The van der Waals surface area contributed by atoms with Gasteiger partial charge in [0.05, 0.1) is 17.6 Å². The van der Waals surface area contributed by atoms with E-state index in [0.29, 0.717) is 11.3 Å². The molecule has 0 amide bonds. The van der Waals surface area contributed by atoms with E-state index in [9.17, 15) is 14.9 Å². The molecule has 2 N–H and O–H groups in total. The Morgan fingerprint density at radius 3 is 2.42 bits per heavy atom. The summed E-state index contributed by atoms with van der Waals surface area (Å²) in [5.74, 6) is -0.294. The highest BCUT2D eigenvalue weighted by molar-refractivity contribution is 6.32. The summed E-state index contributed by atoms with van der Waals surface area (Å²) >= 11 is 5.68. The second-order valence-corrected chi connectivity index (χ2v) is 4.91. The number of carbonyl (C=O) groups is 1. The Labute approximate surface area is 141 Å². The van der Waals surface area contributed by atoms with Crippen LogP contribution in [0, 0.1) is 10.1 Å². The van der Waals surface area contributed by atoms with Gasteiger partial charge in [-0.1, -0.05) is 16.8 Å². The number of halogens is 1. The first-order valence-corrected chi connectivity index (χ1v) is 6.93. The van der Waals surface area contributed by atoms with Gasteiger partial charge < -0.3 is 15.3 Å². The molecule has 0 radical (unpaired) electrons. The topological polar surface area (TPSA) is 117 Å². The van der Waals surface area contributed by atoms with Crippen molar-refractivity contribution in [1.82, 2.24) is 0 Å². The summed E-state index contributed by atoms with van der Waals surface area (Å²) in [6.45, 7) is 0. The van der Waals surface area contributed by atoms with Crippen molar-refractivity contribution in [2.45, 2.75) is 0 Å². The maximum absolute atomic E-state index is 11.9. The van der Waals surface area contributed by atoms with Gasteiger partial charge in [0, 0.05) is 11.6 Å². The number of hydrogen-bond acceptors (Lipinski definition) is 6. The molecule has 0 saturated carbocycles. The predicted molar refractivity (Wildman–Crippen MR) is 87.2 cm³/mol. The van der Waals surface area contributed by atoms with Gasteiger partial charge in [-0.05, 0) is 36.4 Å². The third kappa shape index (κ3) is 3.99. The number of carbonyl (C=O) groups excluding carboxylic acids is 1. The van der Waals surface area contributed by atoms with Gasteiger partial charge in [0.15, 0.2) is 5.84 Å². The summed E-state index contributed by atoms with van der Waals surface area (Å²) in [5.41, 5.74) is 5.76. The van der Waals surface area contributed by atoms with Gasteiger partial charge in [0.25, 0.3) is 5.69 Å². The van der Waals surface area contributed by atoms with Crippen LogP contribution < -0.4 is 10.5 Å². The fourth-order valence-electron chi connectivity index (χ4n) is 1.74. The first-order valence-electron chi connectivity index (χ1n) is 6.55. The van der Waals surface area contributed by atoms with E-state index >= 15 is 0 Å². The van der Waals surface area contributed by atoms with Crippen LogP contribution in [0.1, 0.15) is 15.9 Å². The van der Waals surface area contributed by atoms with Gasteiger partial charge in [-0.2, -0.15) is 0 Å². The standard InChI is InChI=1S/C15H12ClN3O5/c1-23-11-5-2-9(3-6-11)14(17)18-24-15(20)10-4-7-12(16)13(8-10)19(21)22/h2-8H,1H3,(H2,17,18). The number of nitro groups is 1. The van der Waals surface area contributed by atoms with E-state index in [-0.39, 0.29) is 16.4 Å². The van der Waals surface area contributed by atoms with E-state index in [1.807, 2.05) is 0 Å². The highest BCUT2D eigenvalue weighted by atomic mass is 35.5. The van der Waals surface area contributed by atoms with Crippen molar-refractivity contribution in [3.05, 3.63) is 68.7 Å². The fourth-order valence-corrected chi connectivity index (χ4v) is 1.92. The lowest BCUT2D eigenvalue weighted by molar-refractivity contribution is -0.384. The average Bonchev–Trinajstić information content (AvgIpc) is 2.59. The average molecular weight is 350 g/mol. The van der Waals surface area contributed by atoms with Gasteiger partial charge in [-0.25, -0.2) is 4.79 Å². The molecule has 0 aliphatic rings. The molecule has 24 heavy (non-hydrogen) atoms. The fraction of sp³-hybridized carbons (Fsp3) is 0.0667. The molecule has 124 valence electrons. The Balaban J connectivity index is 2.14. The molecule has 0 bridgehead atoms.